The molecule has 2 aromatic carbocycles. The third-order valence-electron chi connectivity index (χ3n) is 6.32. The topological polar surface area (TPSA) is 103 Å². The Hall–Kier alpha value is -2.94. The van der Waals surface area contributed by atoms with E-state index >= 15 is 0 Å². The first-order chi connectivity index (χ1) is 16.2. The second-order valence-corrected chi connectivity index (χ2v) is 11.4. The maximum Gasteiger partial charge on any atom is 0.268 e. The van der Waals surface area contributed by atoms with E-state index in [1.165, 1.54) is 3.97 Å². The Morgan fingerprint density at radius 1 is 1.15 bits per heavy atom. The lowest BCUT2D eigenvalue weighted by Crippen LogP contribution is -2.45. The van der Waals surface area contributed by atoms with E-state index < -0.39 is 10.0 Å². The zero-order valence-electron chi connectivity index (χ0n) is 18.8. The van der Waals surface area contributed by atoms with Crippen molar-refractivity contribution < 1.29 is 8.42 Å². The molecule has 9 heteroatoms. The second-order valence-electron chi connectivity index (χ2n) is 9.16. The molecule has 0 saturated heterocycles. The molecule has 0 spiro atoms. The molecule has 4 aromatic rings. The Balaban J connectivity index is 1.58. The minimum Gasteiger partial charge on any atom is -0.351 e. The van der Waals surface area contributed by atoms with Gasteiger partial charge in [0.15, 0.2) is 0 Å². The SMILES string of the molecule is CC1(N)CCCC(Nc2ncc(Cl)c(-c3cn(S(=O)(=O)c4ccccc4)c4ccccc34)n2)C1. The van der Waals surface area contributed by atoms with Gasteiger partial charge < -0.3 is 11.1 Å². The number of halogens is 1. The van der Waals surface area contributed by atoms with Crippen molar-refractivity contribution in [2.45, 2.75) is 49.1 Å². The van der Waals surface area contributed by atoms with Crippen LogP contribution in [0, 0.1) is 0 Å². The molecule has 176 valence electrons. The molecule has 1 saturated carbocycles. The number of hydrogen-bond acceptors (Lipinski definition) is 6. The van der Waals surface area contributed by atoms with E-state index in [9.17, 15) is 8.42 Å². The fraction of sp³-hybridized carbons (Fsp3) is 0.280. The van der Waals surface area contributed by atoms with Crippen LogP contribution < -0.4 is 11.1 Å². The Kier molecular flexibility index (Phi) is 5.83. The van der Waals surface area contributed by atoms with Gasteiger partial charge in [-0.25, -0.2) is 22.4 Å². The van der Waals surface area contributed by atoms with Gasteiger partial charge in [-0.2, -0.15) is 0 Å². The molecule has 2 unspecified atom stereocenters. The minimum absolute atomic E-state index is 0.164. The Morgan fingerprint density at radius 2 is 1.88 bits per heavy atom. The van der Waals surface area contributed by atoms with E-state index in [4.69, 9.17) is 22.3 Å². The van der Waals surface area contributed by atoms with Crippen molar-refractivity contribution in [3.8, 4) is 11.3 Å². The van der Waals surface area contributed by atoms with E-state index in [2.05, 4.69) is 17.2 Å². The van der Waals surface area contributed by atoms with E-state index in [1.807, 2.05) is 18.2 Å². The highest BCUT2D eigenvalue weighted by atomic mass is 35.5. The number of nitrogens with two attached hydrogens (primary N) is 1. The number of rotatable bonds is 5. The summed E-state index contributed by atoms with van der Waals surface area (Å²) in [5.74, 6) is 0.449. The first kappa shape index (κ1) is 22.8. The normalized spacial score (nSPS) is 21.0. The van der Waals surface area contributed by atoms with Gasteiger partial charge in [-0.05, 0) is 50.8 Å². The van der Waals surface area contributed by atoms with E-state index in [1.54, 1.807) is 48.8 Å². The van der Waals surface area contributed by atoms with Gasteiger partial charge in [-0.1, -0.05) is 48.0 Å². The summed E-state index contributed by atoms with van der Waals surface area (Å²) in [5, 5.41) is 4.48. The molecule has 2 aromatic heterocycles. The highest BCUT2D eigenvalue weighted by molar-refractivity contribution is 7.90. The molecule has 34 heavy (non-hydrogen) atoms. The highest BCUT2D eigenvalue weighted by Crippen LogP contribution is 2.36. The number of benzene rings is 2. The van der Waals surface area contributed by atoms with Crippen molar-refractivity contribution in [1.29, 1.82) is 0 Å². The predicted molar refractivity (Wildman–Crippen MR) is 135 cm³/mol. The average Bonchev–Trinajstić information content (AvgIpc) is 3.21. The number of fused-ring (bicyclic) bond motifs is 1. The van der Waals surface area contributed by atoms with Crippen molar-refractivity contribution >= 4 is 38.5 Å². The van der Waals surface area contributed by atoms with E-state index in [-0.39, 0.29) is 16.5 Å². The quantitative estimate of drug-likeness (QED) is 0.401. The Labute approximate surface area is 204 Å². The monoisotopic (exact) mass is 495 g/mol. The van der Waals surface area contributed by atoms with Crippen molar-refractivity contribution in [1.82, 2.24) is 13.9 Å². The number of anilines is 1. The van der Waals surface area contributed by atoms with Crippen LogP contribution in [0.1, 0.15) is 32.6 Å². The molecule has 0 radical (unpaired) electrons. The van der Waals surface area contributed by atoms with Crippen LogP contribution in [0.15, 0.2) is 71.9 Å². The van der Waals surface area contributed by atoms with Gasteiger partial charge in [0.2, 0.25) is 5.95 Å². The van der Waals surface area contributed by atoms with Crippen LogP contribution in [-0.4, -0.2) is 33.9 Å². The maximum absolute atomic E-state index is 13.4. The van der Waals surface area contributed by atoms with Gasteiger partial charge in [-0.15, -0.1) is 0 Å². The standard InChI is InChI=1S/C25H26ClN5O2S/c1-25(27)13-7-8-17(14-25)29-24-28-15-21(26)23(30-24)20-16-31(22-12-6-5-11-19(20)22)34(32,33)18-9-3-2-4-10-18/h2-6,9-12,15-17H,7-8,13-14,27H2,1H3,(H,28,29,30). The molecule has 2 atom stereocenters. The summed E-state index contributed by atoms with van der Waals surface area (Å²) >= 11 is 6.53. The molecular formula is C25H26ClN5O2S. The molecular weight excluding hydrogens is 470 g/mol. The summed E-state index contributed by atoms with van der Waals surface area (Å²) in [5.41, 5.74) is 7.79. The molecule has 1 aliphatic carbocycles. The summed E-state index contributed by atoms with van der Waals surface area (Å²) in [6.45, 7) is 2.07. The zero-order valence-corrected chi connectivity index (χ0v) is 20.4. The Bertz CT molecular complexity index is 1450. The molecule has 0 bridgehead atoms. The van der Waals surface area contributed by atoms with Gasteiger partial charge in [0.05, 0.1) is 27.3 Å². The first-order valence-corrected chi connectivity index (χ1v) is 13.1. The lowest BCUT2D eigenvalue weighted by molar-refractivity contribution is 0.302. The van der Waals surface area contributed by atoms with Crippen LogP contribution in [0.2, 0.25) is 5.02 Å². The van der Waals surface area contributed by atoms with Crippen LogP contribution in [-0.2, 0) is 10.0 Å². The van der Waals surface area contributed by atoms with Crippen LogP contribution in [0.5, 0.6) is 0 Å². The molecule has 3 N–H and O–H groups in total. The van der Waals surface area contributed by atoms with Crippen molar-refractivity contribution in [2.75, 3.05) is 5.32 Å². The van der Waals surface area contributed by atoms with Crippen molar-refractivity contribution in [3.63, 3.8) is 0 Å². The summed E-state index contributed by atoms with van der Waals surface area (Å²) in [4.78, 5) is 9.28. The number of para-hydroxylation sites is 1. The van der Waals surface area contributed by atoms with Crippen LogP contribution in [0.3, 0.4) is 0 Å². The summed E-state index contributed by atoms with van der Waals surface area (Å²) < 4.78 is 28.2. The average molecular weight is 496 g/mol. The minimum atomic E-state index is -3.81. The molecule has 1 aliphatic rings. The van der Waals surface area contributed by atoms with Crippen LogP contribution >= 0.6 is 11.6 Å². The molecule has 0 aliphatic heterocycles. The predicted octanol–water partition coefficient (Wildman–Crippen LogP) is 5.06. The lowest BCUT2D eigenvalue weighted by Gasteiger charge is -2.35. The smallest absolute Gasteiger partial charge is 0.268 e. The fourth-order valence-corrected chi connectivity index (χ4v) is 6.28. The fourth-order valence-electron chi connectivity index (χ4n) is 4.69. The van der Waals surface area contributed by atoms with E-state index in [0.29, 0.717) is 27.7 Å². The summed E-state index contributed by atoms with van der Waals surface area (Å²) in [6, 6.07) is 15.8. The third kappa shape index (κ3) is 4.29. The molecule has 5 rings (SSSR count). The maximum atomic E-state index is 13.4. The van der Waals surface area contributed by atoms with Gasteiger partial charge in [0.25, 0.3) is 10.0 Å². The Morgan fingerprint density at radius 3 is 2.65 bits per heavy atom. The summed E-state index contributed by atoms with van der Waals surface area (Å²) in [6.07, 6.45) is 6.98. The summed E-state index contributed by atoms with van der Waals surface area (Å²) in [7, 11) is -3.81. The molecule has 0 amide bonds. The number of hydrogen-bond donors (Lipinski definition) is 2. The van der Waals surface area contributed by atoms with Crippen molar-refractivity contribution in [2.24, 2.45) is 5.73 Å². The van der Waals surface area contributed by atoms with Crippen LogP contribution in [0.25, 0.3) is 22.2 Å². The molecule has 7 nitrogen and oxygen atoms in total. The molecule has 1 fully saturated rings. The van der Waals surface area contributed by atoms with E-state index in [0.717, 1.165) is 31.1 Å². The second kappa shape index (κ2) is 8.69. The number of nitrogens with zero attached hydrogens (tertiary/aromatic N) is 3. The van der Waals surface area contributed by atoms with Gasteiger partial charge in [-0.3, -0.25) is 0 Å². The number of aromatic nitrogens is 3. The van der Waals surface area contributed by atoms with Crippen molar-refractivity contribution in [3.05, 3.63) is 72.0 Å². The third-order valence-corrected chi connectivity index (χ3v) is 8.29. The highest BCUT2D eigenvalue weighted by Gasteiger charge is 2.29. The lowest BCUT2D eigenvalue weighted by atomic mass is 9.81. The largest absolute Gasteiger partial charge is 0.351 e. The van der Waals surface area contributed by atoms with Crippen LogP contribution in [0.4, 0.5) is 5.95 Å². The zero-order chi connectivity index (χ0) is 23.9. The molecule has 2 heterocycles. The van der Waals surface area contributed by atoms with Gasteiger partial charge in [0.1, 0.15) is 0 Å². The van der Waals surface area contributed by atoms with Gasteiger partial charge >= 0.3 is 0 Å². The first-order valence-electron chi connectivity index (χ1n) is 11.2. The van der Waals surface area contributed by atoms with Gasteiger partial charge in [0, 0.05) is 28.7 Å². The number of nitrogens with one attached hydrogen (secondary N) is 1.